The highest BCUT2D eigenvalue weighted by atomic mass is 19.2. The molecule has 1 aromatic carbocycles. The molecule has 17 heavy (non-hydrogen) atoms. The maximum absolute atomic E-state index is 13.5. The molecule has 96 valence electrons. The Morgan fingerprint density at radius 1 is 1.35 bits per heavy atom. The molecule has 0 aliphatic rings. The average Bonchev–Trinajstić information content (AvgIpc) is 2.33. The van der Waals surface area contributed by atoms with Gasteiger partial charge in [-0.05, 0) is 31.5 Å². The molecule has 2 unspecified atom stereocenters. The number of nitrogens with one attached hydrogen (secondary N) is 1. The van der Waals surface area contributed by atoms with Crippen LogP contribution < -0.4 is 5.32 Å². The molecular weight excluding hydrogens is 224 g/mol. The van der Waals surface area contributed by atoms with Gasteiger partial charge in [0, 0.05) is 13.2 Å². The van der Waals surface area contributed by atoms with Crippen molar-refractivity contribution in [3.8, 4) is 0 Å². The van der Waals surface area contributed by atoms with E-state index in [4.69, 9.17) is 4.74 Å². The van der Waals surface area contributed by atoms with Crippen molar-refractivity contribution in [1.82, 2.24) is 5.32 Å². The smallest absolute Gasteiger partial charge is 0.162 e. The van der Waals surface area contributed by atoms with E-state index in [9.17, 15) is 8.78 Å². The number of hydrogen-bond acceptors (Lipinski definition) is 2. The first-order chi connectivity index (χ1) is 8.10. The lowest BCUT2D eigenvalue weighted by Crippen LogP contribution is -2.41. The first kappa shape index (κ1) is 14.1. The van der Waals surface area contributed by atoms with Crippen molar-refractivity contribution in [2.24, 2.45) is 0 Å². The summed E-state index contributed by atoms with van der Waals surface area (Å²) >= 11 is 0. The first-order valence-electron chi connectivity index (χ1n) is 5.79. The summed E-state index contributed by atoms with van der Waals surface area (Å²) in [6.45, 7) is 4.64. The van der Waals surface area contributed by atoms with Crippen LogP contribution in [0.25, 0.3) is 0 Å². The van der Waals surface area contributed by atoms with Gasteiger partial charge in [0.05, 0.1) is 6.10 Å². The predicted octanol–water partition coefficient (Wildman–Crippen LogP) is 2.52. The van der Waals surface area contributed by atoms with Crippen LogP contribution in [0.4, 0.5) is 8.78 Å². The summed E-state index contributed by atoms with van der Waals surface area (Å²) in [6.07, 6.45) is 0.351. The monoisotopic (exact) mass is 243 g/mol. The maximum atomic E-state index is 13.5. The van der Waals surface area contributed by atoms with E-state index in [1.165, 1.54) is 6.07 Å². The van der Waals surface area contributed by atoms with Gasteiger partial charge in [0.15, 0.2) is 11.6 Å². The number of halogens is 2. The van der Waals surface area contributed by atoms with Gasteiger partial charge in [0.2, 0.25) is 0 Å². The van der Waals surface area contributed by atoms with Crippen molar-refractivity contribution in [1.29, 1.82) is 0 Å². The van der Waals surface area contributed by atoms with Crippen LogP contribution in [0.3, 0.4) is 0 Å². The third-order valence-electron chi connectivity index (χ3n) is 2.88. The molecule has 0 saturated heterocycles. The molecule has 2 atom stereocenters. The average molecular weight is 243 g/mol. The molecule has 0 aromatic heterocycles. The fourth-order valence-electron chi connectivity index (χ4n) is 1.77. The zero-order valence-corrected chi connectivity index (χ0v) is 10.5. The molecule has 0 saturated carbocycles. The van der Waals surface area contributed by atoms with Crippen LogP contribution in [0.2, 0.25) is 0 Å². The van der Waals surface area contributed by atoms with E-state index in [2.05, 4.69) is 5.32 Å². The molecule has 2 nitrogen and oxygen atoms in total. The van der Waals surface area contributed by atoms with Crippen LogP contribution in [-0.4, -0.2) is 25.8 Å². The van der Waals surface area contributed by atoms with Gasteiger partial charge < -0.3 is 10.1 Å². The lowest BCUT2D eigenvalue weighted by atomic mass is 10.0. The Labute approximate surface area is 101 Å². The van der Waals surface area contributed by atoms with E-state index in [0.717, 1.165) is 12.6 Å². The number of rotatable bonds is 6. The second-order valence-corrected chi connectivity index (χ2v) is 4.02. The number of ether oxygens (including phenoxy) is 1. The molecule has 1 aromatic rings. The quantitative estimate of drug-likeness (QED) is 0.829. The highest BCUT2D eigenvalue weighted by Gasteiger charge is 2.19. The Bertz CT molecular complexity index is 357. The van der Waals surface area contributed by atoms with Gasteiger partial charge in [-0.2, -0.15) is 0 Å². The third kappa shape index (κ3) is 3.75. The minimum absolute atomic E-state index is 0.0266. The zero-order valence-electron chi connectivity index (χ0n) is 10.5. The van der Waals surface area contributed by atoms with Crippen LogP contribution in [0.5, 0.6) is 0 Å². The summed E-state index contributed by atoms with van der Waals surface area (Å²) in [5.74, 6) is -1.57. The van der Waals surface area contributed by atoms with E-state index in [0.29, 0.717) is 12.0 Å². The Morgan fingerprint density at radius 3 is 2.65 bits per heavy atom. The van der Waals surface area contributed by atoms with Gasteiger partial charge in [-0.15, -0.1) is 0 Å². The Balaban J connectivity index is 2.82. The molecule has 1 rings (SSSR count). The Kier molecular flexibility index (Phi) is 5.51. The standard InChI is InChI=1S/C13H19F2NO/c1-4-16-12(9(2)17-3)8-10-6-5-7-11(14)13(10)15/h5-7,9,12,16H,4,8H2,1-3H3. The van der Waals surface area contributed by atoms with Crippen LogP contribution in [0, 0.1) is 11.6 Å². The highest BCUT2D eigenvalue weighted by Crippen LogP contribution is 2.15. The fourth-order valence-corrected chi connectivity index (χ4v) is 1.77. The van der Waals surface area contributed by atoms with Crippen molar-refractivity contribution in [2.75, 3.05) is 13.7 Å². The lowest BCUT2D eigenvalue weighted by molar-refractivity contribution is 0.0833. The van der Waals surface area contributed by atoms with Gasteiger partial charge in [0.25, 0.3) is 0 Å². The van der Waals surface area contributed by atoms with Crippen LogP contribution >= 0.6 is 0 Å². The second kappa shape index (κ2) is 6.67. The normalized spacial score (nSPS) is 14.6. The number of benzene rings is 1. The molecule has 1 N–H and O–H groups in total. The summed E-state index contributed by atoms with van der Waals surface area (Å²) in [5, 5.41) is 3.21. The van der Waals surface area contributed by atoms with E-state index >= 15 is 0 Å². The lowest BCUT2D eigenvalue weighted by Gasteiger charge is -2.24. The van der Waals surface area contributed by atoms with Crippen molar-refractivity contribution in [3.05, 3.63) is 35.4 Å². The molecule has 0 bridgehead atoms. The first-order valence-corrected chi connectivity index (χ1v) is 5.79. The minimum Gasteiger partial charge on any atom is -0.380 e. The number of likely N-dealkylation sites (N-methyl/N-ethyl adjacent to an activating group) is 1. The van der Waals surface area contributed by atoms with Crippen molar-refractivity contribution in [3.63, 3.8) is 0 Å². The van der Waals surface area contributed by atoms with Crippen LogP contribution in [-0.2, 0) is 11.2 Å². The minimum atomic E-state index is -0.803. The summed E-state index contributed by atoms with van der Waals surface area (Å²) < 4.78 is 31.8. The van der Waals surface area contributed by atoms with E-state index in [1.54, 1.807) is 13.2 Å². The Hall–Kier alpha value is -1.00. The maximum Gasteiger partial charge on any atom is 0.162 e. The van der Waals surface area contributed by atoms with E-state index in [-0.39, 0.29) is 12.1 Å². The van der Waals surface area contributed by atoms with Crippen LogP contribution in [0.1, 0.15) is 19.4 Å². The van der Waals surface area contributed by atoms with Gasteiger partial charge >= 0.3 is 0 Å². The van der Waals surface area contributed by atoms with Gasteiger partial charge in [-0.3, -0.25) is 0 Å². The van der Waals surface area contributed by atoms with Crippen molar-refractivity contribution < 1.29 is 13.5 Å². The molecule has 0 amide bonds. The molecule has 4 heteroatoms. The van der Waals surface area contributed by atoms with Gasteiger partial charge in [0.1, 0.15) is 0 Å². The molecule has 0 radical (unpaired) electrons. The zero-order chi connectivity index (χ0) is 12.8. The molecular formula is C13H19F2NO. The molecule has 0 aliphatic heterocycles. The largest absolute Gasteiger partial charge is 0.380 e. The SMILES string of the molecule is CCNC(Cc1cccc(F)c1F)C(C)OC. The highest BCUT2D eigenvalue weighted by molar-refractivity contribution is 5.20. The van der Waals surface area contributed by atoms with Crippen molar-refractivity contribution >= 4 is 0 Å². The van der Waals surface area contributed by atoms with Gasteiger partial charge in [-0.1, -0.05) is 19.1 Å². The summed E-state index contributed by atoms with van der Waals surface area (Å²) in [6, 6.07) is 4.22. The number of methoxy groups -OCH3 is 1. The summed E-state index contributed by atoms with van der Waals surface area (Å²) in [4.78, 5) is 0. The van der Waals surface area contributed by atoms with E-state index in [1.807, 2.05) is 13.8 Å². The van der Waals surface area contributed by atoms with E-state index < -0.39 is 11.6 Å². The van der Waals surface area contributed by atoms with Crippen molar-refractivity contribution in [2.45, 2.75) is 32.4 Å². The molecule has 0 aliphatic carbocycles. The van der Waals surface area contributed by atoms with Gasteiger partial charge in [-0.25, -0.2) is 8.78 Å². The molecule has 0 spiro atoms. The summed E-state index contributed by atoms with van der Waals surface area (Å²) in [5.41, 5.74) is 0.375. The second-order valence-electron chi connectivity index (χ2n) is 4.02. The Morgan fingerprint density at radius 2 is 2.06 bits per heavy atom. The predicted molar refractivity (Wildman–Crippen MR) is 64.0 cm³/mol. The van der Waals surface area contributed by atoms with Crippen LogP contribution in [0.15, 0.2) is 18.2 Å². The topological polar surface area (TPSA) is 21.3 Å². The molecule has 0 fully saturated rings. The summed E-state index contributed by atoms with van der Waals surface area (Å²) in [7, 11) is 1.61. The molecule has 0 heterocycles. The fraction of sp³-hybridized carbons (Fsp3) is 0.538. The number of hydrogen-bond donors (Lipinski definition) is 1. The third-order valence-corrected chi connectivity index (χ3v) is 2.88.